The Hall–Kier alpha value is -3.21. The van der Waals surface area contributed by atoms with E-state index in [0.29, 0.717) is 23.0 Å². The van der Waals surface area contributed by atoms with Gasteiger partial charge in [0.25, 0.3) is 0 Å². The fourth-order valence-electron chi connectivity index (χ4n) is 2.29. The van der Waals surface area contributed by atoms with Crippen LogP contribution in [0.3, 0.4) is 0 Å². The normalized spacial score (nSPS) is 10.9. The molecule has 2 rings (SSSR count). The molecule has 0 aliphatic heterocycles. The summed E-state index contributed by atoms with van der Waals surface area (Å²) in [5.41, 5.74) is 3.53. The summed E-state index contributed by atoms with van der Waals surface area (Å²) in [6.07, 6.45) is 1.23. The molecule has 1 N–H and O–H groups in total. The van der Waals surface area contributed by atoms with Crippen LogP contribution in [0, 0.1) is 10.1 Å². The zero-order valence-corrected chi connectivity index (χ0v) is 17.3. The van der Waals surface area contributed by atoms with Gasteiger partial charge in [0.2, 0.25) is 10.9 Å². The van der Waals surface area contributed by atoms with E-state index in [1.807, 2.05) is 0 Å². The van der Waals surface area contributed by atoms with Gasteiger partial charge in [-0.05, 0) is 26.8 Å². The molecule has 0 aliphatic carbocycles. The number of esters is 1. The zero-order valence-electron chi connectivity index (χ0n) is 16.5. The topological polar surface area (TPSA) is 125 Å². The number of thiazole rings is 1. The van der Waals surface area contributed by atoms with Gasteiger partial charge in [0, 0.05) is 17.0 Å². The number of benzene rings is 1. The van der Waals surface area contributed by atoms with E-state index in [1.54, 1.807) is 32.2 Å². The molecule has 10 nitrogen and oxygen atoms in total. The minimum absolute atomic E-state index is 0.0705. The van der Waals surface area contributed by atoms with Crippen LogP contribution in [0.25, 0.3) is 0 Å². The number of hydrogen-bond acceptors (Lipinski definition) is 10. The monoisotopic (exact) mass is 422 g/mol. The molecule has 0 unspecified atom stereocenters. The lowest BCUT2D eigenvalue weighted by Gasteiger charge is -2.14. The fraction of sp³-hybridized carbons (Fsp3) is 0.389. The molecule has 0 saturated heterocycles. The summed E-state index contributed by atoms with van der Waals surface area (Å²) in [7, 11) is 1.41. The van der Waals surface area contributed by atoms with Gasteiger partial charge in [-0.25, -0.2) is 4.98 Å². The van der Waals surface area contributed by atoms with E-state index in [-0.39, 0.29) is 35.7 Å². The first-order valence-corrected chi connectivity index (χ1v) is 9.64. The van der Waals surface area contributed by atoms with Crippen molar-refractivity contribution in [1.82, 2.24) is 4.98 Å². The van der Waals surface area contributed by atoms with Crippen LogP contribution in [0.15, 0.2) is 22.6 Å². The molecule has 1 heterocycles. The van der Waals surface area contributed by atoms with Crippen molar-refractivity contribution >= 4 is 34.3 Å². The van der Waals surface area contributed by atoms with Gasteiger partial charge in [-0.3, -0.25) is 20.3 Å². The predicted octanol–water partition coefficient (Wildman–Crippen LogP) is 3.40. The molecule has 0 bridgehead atoms. The number of nitrogens with one attached hydrogen (secondary N) is 1. The Kier molecular flexibility index (Phi) is 7.89. The highest BCUT2D eigenvalue weighted by molar-refractivity contribution is 7.13. The number of ether oxygens (including phenoxy) is 3. The third-order valence-corrected chi connectivity index (χ3v) is 4.18. The Bertz CT molecular complexity index is 896. The average molecular weight is 422 g/mol. The fourth-order valence-corrected chi connectivity index (χ4v) is 2.94. The largest absolute Gasteiger partial charge is 0.493 e. The van der Waals surface area contributed by atoms with E-state index in [1.165, 1.54) is 30.7 Å². The molecule has 0 radical (unpaired) electrons. The van der Waals surface area contributed by atoms with Gasteiger partial charge in [0.15, 0.2) is 5.75 Å². The van der Waals surface area contributed by atoms with Crippen molar-refractivity contribution in [2.75, 3.05) is 19.1 Å². The SMILES string of the molecule is CCOC(=O)Cc1csc(N/N=C\c2cc(OC)c(OC(C)C)c([N+](=O)[O-])c2)n1. The maximum absolute atomic E-state index is 11.5. The third kappa shape index (κ3) is 6.42. The third-order valence-electron chi connectivity index (χ3n) is 3.38. The molecule has 0 amide bonds. The molecule has 2 aromatic rings. The van der Waals surface area contributed by atoms with Crippen molar-refractivity contribution in [1.29, 1.82) is 0 Å². The Morgan fingerprint density at radius 1 is 1.45 bits per heavy atom. The number of methoxy groups -OCH3 is 1. The molecular formula is C18H22N4O6S. The molecule has 0 fully saturated rings. The van der Waals surface area contributed by atoms with Crippen LogP contribution in [-0.4, -0.2) is 41.9 Å². The Morgan fingerprint density at radius 2 is 2.21 bits per heavy atom. The lowest BCUT2D eigenvalue weighted by atomic mass is 10.2. The van der Waals surface area contributed by atoms with Crippen molar-refractivity contribution in [3.63, 3.8) is 0 Å². The molecule has 0 saturated carbocycles. The number of hydrogen-bond donors (Lipinski definition) is 1. The first-order valence-electron chi connectivity index (χ1n) is 8.76. The summed E-state index contributed by atoms with van der Waals surface area (Å²) in [5.74, 6) is -0.0441. The van der Waals surface area contributed by atoms with Crippen LogP contribution in [0.4, 0.5) is 10.8 Å². The lowest BCUT2D eigenvalue weighted by molar-refractivity contribution is -0.386. The highest BCUT2D eigenvalue weighted by atomic mass is 32.1. The van der Waals surface area contributed by atoms with Gasteiger partial charge in [-0.1, -0.05) is 0 Å². The highest BCUT2D eigenvalue weighted by Gasteiger charge is 2.23. The number of aromatic nitrogens is 1. The molecular weight excluding hydrogens is 400 g/mol. The second-order valence-electron chi connectivity index (χ2n) is 5.99. The average Bonchev–Trinajstić information content (AvgIpc) is 3.09. The van der Waals surface area contributed by atoms with Gasteiger partial charge in [0.1, 0.15) is 0 Å². The van der Waals surface area contributed by atoms with Crippen LogP contribution in [0.1, 0.15) is 32.0 Å². The van der Waals surface area contributed by atoms with Crippen LogP contribution >= 0.6 is 11.3 Å². The standard InChI is InChI=1S/C18H22N4O6S/c1-5-27-16(23)8-13-10-29-18(20-13)21-19-9-12-6-14(22(24)25)17(28-11(2)3)15(7-12)26-4/h6-7,9-11H,5,8H2,1-4H3,(H,20,21)/b19-9-. The van der Waals surface area contributed by atoms with Crippen molar-refractivity contribution in [3.05, 3.63) is 38.9 Å². The maximum atomic E-state index is 11.5. The number of rotatable bonds is 10. The number of nitro groups is 1. The zero-order chi connectivity index (χ0) is 21.4. The van der Waals surface area contributed by atoms with Gasteiger partial charge in [-0.2, -0.15) is 5.10 Å². The Morgan fingerprint density at radius 3 is 2.83 bits per heavy atom. The molecule has 11 heteroatoms. The second kappa shape index (κ2) is 10.4. The van der Waals surface area contributed by atoms with Crippen molar-refractivity contribution in [2.45, 2.75) is 33.3 Å². The number of nitro benzene ring substituents is 1. The lowest BCUT2D eigenvalue weighted by Crippen LogP contribution is -2.09. The van der Waals surface area contributed by atoms with Crippen molar-refractivity contribution in [2.24, 2.45) is 5.10 Å². The molecule has 0 spiro atoms. The molecule has 29 heavy (non-hydrogen) atoms. The number of hydrazone groups is 1. The predicted molar refractivity (Wildman–Crippen MR) is 109 cm³/mol. The van der Waals surface area contributed by atoms with Crippen molar-refractivity contribution < 1.29 is 23.9 Å². The number of nitrogens with zero attached hydrogens (tertiary/aromatic N) is 3. The van der Waals surface area contributed by atoms with Crippen LogP contribution < -0.4 is 14.9 Å². The van der Waals surface area contributed by atoms with E-state index in [0.717, 1.165) is 0 Å². The van der Waals surface area contributed by atoms with E-state index >= 15 is 0 Å². The van der Waals surface area contributed by atoms with Crippen LogP contribution in [0.5, 0.6) is 11.5 Å². The van der Waals surface area contributed by atoms with Crippen molar-refractivity contribution in [3.8, 4) is 11.5 Å². The molecule has 0 aliphatic rings. The van der Waals surface area contributed by atoms with Gasteiger partial charge in [-0.15, -0.1) is 11.3 Å². The van der Waals surface area contributed by atoms with Gasteiger partial charge < -0.3 is 14.2 Å². The quantitative estimate of drug-likeness (QED) is 0.267. The maximum Gasteiger partial charge on any atom is 0.315 e. The van der Waals surface area contributed by atoms with Gasteiger partial charge in [0.05, 0.1) is 43.1 Å². The summed E-state index contributed by atoms with van der Waals surface area (Å²) >= 11 is 1.27. The first-order chi connectivity index (χ1) is 13.8. The molecule has 1 aromatic heterocycles. The number of anilines is 1. The summed E-state index contributed by atoms with van der Waals surface area (Å²) < 4.78 is 15.7. The number of carbonyl (C=O) groups is 1. The smallest absolute Gasteiger partial charge is 0.315 e. The molecule has 1 aromatic carbocycles. The Labute approximate surface area is 171 Å². The highest BCUT2D eigenvalue weighted by Crippen LogP contribution is 2.38. The second-order valence-corrected chi connectivity index (χ2v) is 6.85. The molecule has 156 valence electrons. The summed E-state index contributed by atoms with van der Waals surface area (Å²) in [5, 5.41) is 17.7. The van der Waals surface area contributed by atoms with Gasteiger partial charge >= 0.3 is 11.7 Å². The summed E-state index contributed by atoms with van der Waals surface area (Å²) in [6, 6.07) is 2.93. The van der Waals surface area contributed by atoms with E-state index < -0.39 is 4.92 Å². The Balaban J connectivity index is 2.14. The van der Waals surface area contributed by atoms with E-state index in [9.17, 15) is 14.9 Å². The minimum Gasteiger partial charge on any atom is -0.493 e. The summed E-state index contributed by atoms with van der Waals surface area (Å²) in [4.78, 5) is 26.6. The van der Waals surface area contributed by atoms with Crippen LogP contribution in [0.2, 0.25) is 0 Å². The van der Waals surface area contributed by atoms with E-state index in [2.05, 4.69) is 15.5 Å². The summed E-state index contributed by atoms with van der Waals surface area (Å²) in [6.45, 7) is 5.59. The number of carbonyl (C=O) groups excluding carboxylic acids is 1. The minimum atomic E-state index is -0.534. The first kappa shape index (κ1) is 22.1. The van der Waals surface area contributed by atoms with Crippen LogP contribution in [-0.2, 0) is 16.0 Å². The molecule has 0 atom stereocenters. The van der Waals surface area contributed by atoms with E-state index in [4.69, 9.17) is 14.2 Å².